The fraction of sp³-hybridized carbons (Fsp3) is 0.0769. The zero-order valence-electron chi connectivity index (χ0n) is 41.6. The van der Waals surface area contributed by atoms with Gasteiger partial charge in [-0.15, -0.1) is 53.6 Å². The number of hydrogen-bond acceptors (Lipinski definition) is 3. The summed E-state index contributed by atoms with van der Waals surface area (Å²) in [7, 11) is 0. The number of fused-ring (bicyclic) bond motifs is 6. The van der Waals surface area contributed by atoms with E-state index in [2.05, 4.69) is 28.2 Å². The van der Waals surface area contributed by atoms with Crippen molar-refractivity contribution in [2.45, 2.75) is 27.4 Å². The van der Waals surface area contributed by atoms with Crippen molar-refractivity contribution in [2.24, 2.45) is 0 Å². The van der Waals surface area contributed by atoms with E-state index in [1.54, 1.807) is 36.4 Å². The Bertz CT molecular complexity index is 3400. The van der Waals surface area contributed by atoms with Gasteiger partial charge in [0.05, 0.1) is 5.58 Å². The molecule has 0 saturated heterocycles. The molecule has 0 aliphatic carbocycles. The topological polar surface area (TPSA) is 38.9 Å². The van der Waals surface area contributed by atoms with Gasteiger partial charge in [-0.25, -0.2) is 0 Å². The number of pyridine rings is 2. The number of aromatic nitrogens is 2. The molecule has 0 aliphatic heterocycles. The number of rotatable bonds is 4. The van der Waals surface area contributed by atoms with Crippen LogP contribution in [0.4, 0.5) is 0 Å². The first kappa shape index (κ1) is 25.1. The predicted molar refractivity (Wildman–Crippen MR) is 229 cm³/mol. The first-order chi connectivity index (χ1) is 31.7. The van der Waals surface area contributed by atoms with E-state index in [9.17, 15) is 0 Å². The second-order valence-electron chi connectivity index (χ2n) is 13.2. The van der Waals surface area contributed by atoms with E-state index in [0.29, 0.717) is 33.7 Å². The molecule has 4 heteroatoms. The van der Waals surface area contributed by atoms with Gasteiger partial charge in [0, 0.05) is 59.7 Å². The standard InChI is InChI=1S/C39H26NO.C13H12N.Ir/c1-24-19-30-20-28(26-9-4-3-5-10-26)15-16-29(30)21-35(24)36-22-37(40-23-25(36)2)34-14-8-13-32-33-18-17-27-11-6-7-12-31(27)38(33)41-39(32)34;1-10-3-6-12(7-4-10)13-8-5-11(2)9-14-13;/h3-13,15-23H,1-2H3;3-6,8-9H,1-2H3;/q2*-1;/i2*1D3,2D3;. The van der Waals surface area contributed by atoms with Gasteiger partial charge < -0.3 is 14.4 Å². The molecule has 0 saturated carbocycles. The SMILES string of the molecule is [2H]C([2H])([2H])c1c[c-]c(-c2ccc(C([2H])([2H])[2H])cn2)cc1.[2H]C([2H])([2H])c1cnc(-c2[c-]ccc3c2oc2c4ccccc4ccc32)cc1-c1cc2ccc(-c3ccccc3)cc2cc1C([2H])([2H])[2H].[Ir]. The molecule has 0 spiro atoms. The number of hydrogen-bond donors (Lipinski definition) is 0. The molecule has 3 nitrogen and oxygen atoms in total. The summed E-state index contributed by atoms with van der Waals surface area (Å²) < 4.78 is 101. The summed E-state index contributed by atoms with van der Waals surface area (Å²) in [5.41, 5.74) is 6.46. The fourth-order valence-electron chi connectivity index (χ4n) is 6.94. The van der Waals surface area contributed by atoms with Crippen molar-refractivity contribution < 1.29 is 41.0 Å². The van der Waals surface area contributed by atoms with Crippen molar-refractivity contribution in [3.8, 4) is 44.8 Å². The van der Waals surface area contributed by atoms with Crippen LogP contribution in [-0.2, 0) is 20.1 Å². The first-order valence-corrected chi connectivity index (χ1v) is 17.6. The van der Waals surface area contributed by atoms with Crippen molar-refractivity contribution in [1.29, 1.82) is 0 Å². The maximum absolute atomic E-state index is 8.49. The molecule has 0 N–H and O–H groups in total. The van der Waals surface area contributed by atoms with Crippen molar-refractivity contribution in [3.05, 3.63) is 192 Å². The number of aryl methyl sites for hydroxylation is 4. The van der Waals surface area contributed by atoms with Crippen LogP contribution in [0.3, 0.4) is 0 Å². The van der Waals surface area contributed by atoms with Crippen molar-refractivity contribution in [2.75, 3.05) is 0 Å². The average molecular weight is 911 g/mol. The Balaban J connectivity index is 0.000000251. The summed E-state index contributed by atoms with van der Waals surface area (Å²) in [5.74, 6) is 0. The molecule has 0 amide bonds. The zero-order valence-corrected chi connectivity index (χ0v) is 32.0. The smallest absolute Gasteiger partial charge is 0.128 e. The Labute approximate surface area is 357 Å². The molecule has 273 valence electrons. The molecule has 0 aliphatic rings. The molecule has 0 unspecified atom stereocenters. The van der Waals surface area contributed by atoms with Crippen LogP contribution in [0.1, 0.15) is 38.7 Å². The number of nitrogens with zero attached hydrogens (tertiary/aromatic N) is 2. The second kappa shape index (κ2) is 15.5. The van der Waals surface area contributed by atoms with E-state index >= 15 is 0 Å². The van der Waals surface area contributed by atoms with Crippen LogP contribution in [0.15, 0.2) is 162 Å². The van der Waals surface area contributed by atoms with Gasteiger partial charge >= 0.3 is 0 Å². The van der Waals surface area contributed by atoms with Gasteiger partial charge in [0.2, 0.25) is 0 Å². The molecular formula is C52H38IrN2O-2. The minimum Gasteiger partial charge on any atom is -0.500 e. The Morgan fingerprint density at radius 1 is 0.518 bits per heavy atom. The van der Waals surface area contributed by atoms with E-state index < -0.39 is 27.4 Å². The predicted octanol–water partition coefficient (Wildman–Crippen LogP) is 13.9. The van der Waals surface area contributed by atoms with E-state index in [1.165, 1.54) is 30.6 Å². The summed E-state index contributed by atoms with van der Waals surface area (Å²) in [4.78, 5) is 8.67. The largest absolute Gasteiger partial charge is 0.500 e. The third-order valence-electron chi connectivity index (χ3n) is 9.71. The van der Waals surface area contributed by atoms with Crippen molar-refractivity contribution >= 4 is 43.5 Å². The van der Waals surface area contributed by atoms with Crippen LogP contribution in [0.25, 0.3) is 88.3 Å². The third-order valence-corrected chi connectivity index (χ3v) is 9.71. The Hall–Kier alpha value is -6.19. The van der Waals surface area contributed by atoms with E-state index in [-0.39, 0.29) is 47.9 Å². The minimum atomic E-state index is -2.55. The van der Waals surface area contributed by atoms with Gasteiger partial charge in [0.15, 0.2) is 0 Å². The number of benzene rings is 7. The van der Waals surface area contributed by atoms with Gasteiger partial charge in [-0.2, -0.15) is 0 Å². The minimum absolute atomic E-state index is 0. The number of furan rings is 1. The molecule has 10 aromatic rings. The molecular weight excluding hydrogens is 861 g/mol. The Kier molecular flexibility index (Phi) is 6.94. The van der Waals surface area contributed by atoms with Crippen LogP contribution in [0, 0.1) is 39.5 Å². The molecule has 1 radical (unpaired) electrons. The molecule has 3 aromatic heterocycles. The summed E-state index contributed by atoms with van der Waals surface area (Å²) in [6, 6.07) is 50.4. The van der Waals surface area contributed by atoms with Crippen molar-refractivity contribution in [3.63, 3.8) is 0 Å². The third kappa shape index (κ3) is 7.06. The molecule has 0 atom stereocenters. The molecule has 56 heavy (non-hydrogen) atoms. The van der Waals surface area contributed by atoms with Crippen LogP contribution in [0.5, 0.6) is 0 Å². The van der Waals surface area contributed by atoms with E-state index in [0.717, 1.165) is 49.0 Å². The molecule has 7 aromatic carbocycles. The average Bonchev–Trinajstić information content (AvgIpc) is 3.70. The van der Waals surface area contributed by atoms with Gasteiger partial charge in [0.1, 0.15) is 5.58 Å². The van der Waals surface area contributed by atoms with E-state index in [4.69, 9.17) is 20.9 Å². The Morgan fingerprint density at radius 3 is 2.11 bits per heavy atom. The summed E-state index contributed by atoms with van der Waals surface area (Å²) in [5, 5.41) is 5.40. The maximum Gasteiger partial charge on any atom is 0.128 e. The normalized spacial score (nSPS) is 15.1. The van der Waals surface area contributed by atoms with Gasteiger partial charge in [-0.1, -0.05) is 121 Å². The van der Waals surface area contributed by atoms with Crippen LogP contribution < -0.4 is 0 Å². The summed E-state index contributed by atoms with van der Waals surface area (Å²) in [6.45, 7) is -9.41. The maximum atomic E-state index is 8.49. The van der Waals surface area contributed by atoms with Crippen LogP contribution >= 0.6 is 0 Å². The van der Waals surface area contributed by atoms with Gasteiger partial charge in [0.25, 0.3) is 0 Å². The molecule has 0 fully saturated rings. The van der Waals surface area contributed by atoms with E-state index in [1.807, 2.05) is 84.9 Å². The quantitative estimate of drug-likeness (QED) is 0.165. The fourth-order valence-corrected chi connectivity index (χ4v) is 6.94. The first-order valence-electron chi connectivity index (χ1n) is 23.6. The molecule has 0 bridgehead atoms. The summed E-state index contributed by atoms with van der Waals surface area (Å²) in [6.07, 6.45) is 2.63. The van der Waals surface area contributed by atoms with Gasteiger partial charge in [-0.3, -0.25) is 0 Å². The second-order valence-corrected chi connectivity index (χ2v) is 13.2. The van der Waals surface area contributed by atoms with Crippen LogP contribution in [-0.4, -0.2) is 9.97 Å². The summed E-state index contributed by atoms with van der Waals surface area (Å²) >= 11 is 0. The van der Waals surface area contributed by atoms with Crippen molar-refractivity contribution in [1.82, 2.24) is 9.97 Å². The molecule has 3 heterocycles. The molecule has 10 rings (SSSR count). The Morgan fingerprint density at radius 2 is 1.30 bits per heavy atom. The zero-order chi connectivity index (χ0) is 47.5. The monoisotopic (exact) mass is 911 g/mol. The van der Waals surface area contributed by atoms with Crippen LogP contribution in [0.2, 0.25) is 0 Å². The van der Waals surface area contributed by atoms with Gasteiger partial charge in [-0.05, 0) is 99.2 Å².